The van der Waals surface area contributed by atoms with Crippen LogP contribution in [0.15, 0.2) is 66.4 Å². The summed E-state index contributed by atoms with van der Waals surface area (Å²) in [5.41, 5.74) is 0.711. The Balaban J connectivity index is 0.00000441. The normalized spacial score (nSPS) is 18.8. The number of carbonyl (C=O) groups excluding carboxylic acids is 3. The second kappa shape index (κ2) is 30.5. The molecule has 0 fully saturated rings. The average molecular weight is 1250 g/mol. The van der Waals surface area contributed by atoms with Crippen LogP contribution in [-0.2, 0) is 54.9 Å². The maximum Gasteiger partial charge on any atom is 1.00 e. The molecule has 0 saturated heterocycles. The third-order valence-corrected chi connectivity index (χ3v) is 18.5. The fraction of sp³-hybridized carbons (Fsp3) is 0.519. The molecule has 0 amide bonds. The summed E-state index contributed by atoms with van der Waals surface area (Å²) in [6, 6.07) is 17.2. The zero-order valence-electron chi connectivity index (χ0n) is 47.3. The van der Waals surface area contributed by atoms with Gasteiger partial charge in [0, 0.05) is 83.0 Å². The van der Waals surface area contributed by atoms with Gasteiger partial charge in [-0.3, -0.25) is 18.5 Å². The van der Waals surface area contributed by atoms with Crippen LogP contribution in [0.5, 0.6) is 0 Å². The minimum atomic E-state index is -4.66. The molecule has 0 bridgehead atoms. The van der Waals surface area contributed by atoms with E-state index in [-0.39, 0.29) is 194 Å². The summed E-state index contributed by atoms with van der Waals surface area (Å²) in [6.07, 6.45) is 2.56. The molecule has 4 aromatic rings. The van der Waals surface area contributed by atoms with E-state index >= 15 is 0 Å². The number of hydrogen-bond donors (Lipinski definition) is 3. The number of rotatable bonds is 30. The van der Waals surface area contributed by atoms with Crippen molar-refractivity contribution in [1.82, 2.24) is 0 Å². The SMILES string of the molecule is CC1(CCCCCC(=O)[O-])N(CCCS(=O)(=O)O)c2cccc3c(C4=C([O-])C(c5ccc6c7c(cccc57)N(CCCS(=O)(=O)[O-])C(C)(CCCCCC(=O)[O-])N6CCCS(=O)(=O)O)C4=O)ccc(c23)N1CCCS(=O)(=O)O.[Na+].[Na+].[Na+].[Na+]. The first-order chi connectivity index (χ1) is 36.5. The Morgan fingerprint density at radius 1 is 0.512 bits per heavy atom. The van der Waals surface area contributed by atoms with Crippen molar-refractivity contribution in [3.63, 3.8) is 0 Å². The smallest absolute Gasteiger partial charge is 0.874 e. The van der Waals surface area contributed by atoms with Gasteiger partial charge in [-0.15, -0.1) is 5.76 Å². The molecule has 0 aromatic heterocycles. The van der Waals surface area contributed by atoms with Crippen molar-refractivity contribution in [2.24, 2.45) is 0 Å². The van der Waals surface area contributed by atoms with E-state index in [1.54, 1.807) is 60.7 Å². The number of aliphatic carboxylic acids is 2. The molecule has 1 aliphatic carbocycles. The minimum absolute atomic E-state index is 0. The van der Waals surface area contributed by atoms with Gasteiger partial charge >= 0.3 is 118 Å². The molecule has 0 saturated carbocycles. The molecule has 0 radical (unpaired) electrons. The number of allylic oxidation sites excluding steroid dienone is 2. The number of nitrogens with zero attached hydrogens (tertiary/aromatic N) is 4. The van der Waals surface area contributed by atoms with E-state index < -0.39 is 104 Å². The molecule has 428 valence electrons. The van der Waals surface area contributed by atoms with Crippen LogP contribution in [-0.4, -0.2) is 130 Å². The van der Waals surface area contributed by atoms with Crippen molar-refractivity contribution in [3.8, 4) is 0 Å². The molecule has 3 unspecified atom stereocenters. The first-order valence-electron chi connectivity index (χ1n) is 25.8. The predicted octanol–water partition coefficient (Wildman–Crippen LogP) is -8.70. The van der Waals surface area contributed by atoms with Gasteiger partial charge in [-0.25, -0.2) is 8.42 Å². The third-order valence-electron chi connectivity index (χ3n) is 15.3. The molecule has 3 aliphatic rings. The number of unbranched alkanes of at least 4 members (excludes halogenated alkanes) is 4. The van der Waals surface area contributed by atoms with Crippen molar-refractivity contribution in [1.29, 1.82) is 0 Å². The zero-order valence-corrected chi connectivity index (χ0v) is 58.6. The molecular weight excluding hydrogens is 1190 g/mol. The van der Waals surface area contributed by atoms with Crippen LogP contribution in [0.1, 0.15) is 121 Å². The second-order valence-electron chi connectivity index (χ2n) is 20.7. The molecule has 2 heterocycles. The monoisotopic (exact) mass is 1250 g/mol. The molecular formula is C52H64N4Na4O18S4. The molecule has 30 heteroatoms. The summed E-state index contributed by atoms with van der Waals surface area (Å²) in [7, 11) is -17.9. The number of Topliss-reactive ketones (excluding diaryl/α,β-unsaturated/α-hetero) is 1. The standard InChI is InChI=1S/C52H68N4O18S4.4Na/c1-51(25-7-3-5-19-43(57)58)53(27-11-31-75(63,64)65)39-17-9-15-35-37(21-23-41(45(35)39)55(51)29-13-33-77(69,70)71)47-49(61)48(50(47)62)38-22-24-42-46-36(38)16-10-18-40(46)54(28-12-32-76(66,67)68)52(2,26-8-4-6-20-44(59)60)56(42)30-14-34-78(72,73)74;;;;/h9-10,15-18,21-24,47,61H,3-8,11-14,19-20,25-34H2,1-2H3,(H,57,58)(H,59,60)(H,63,64,65)(H,66,67,68)(H,69,70,71)(H,72,73,74);;;;/q;4*+1/p-4. The van der Waals surface area contributed by atoms with Gasteiger partial charge in [0.25, 0.3) is 30.4 Å². The van der Waals surface area contributed by atoms with Gasteiger partial charge in [0.2, 0.25) is 0 Å². The van der Waals surface area contributed by atoms with E-state index in [1.807, 2.05) is 33.4 Å². The molecule has 2 aliphatic heterocycles. The van der Waals surface area contributed by atoms with Crippen LogP contribution in [0.25, 0.3) is 27.1 Å². The number of carboxylic acids is 2. The second-order valence-corrected chi connectivity index (χ2v) is 26.9. The minimum Gasteiger partial charge on any atom is -0.874 e. The molecule has 7 rings (SSSR count). The molecule has 82 heavy (non-hydrogen) atoms. The Hall–Kier alpha value is -1.61. The van der Waals surface area contributed by atoms with Crippen LogP contribution in [0.2, 0.25) is 0 Å². The Morgan fingerprint density at radius 3 is 1.26 bits per heavy atom. The third kappa shape index (κ3) is 17.8. The number of carboxylic acid groups (broad SMARTS) is 2. The van der Waals surface area contributed by atoms with E-state index in [9.17, 15) is 81.6 Å². The van der Waals surface area contributed by atoms with E-state index in [4.69, 9.17) is 0 Å². The molecule has 0 spiro atoms. The first kappa shape index (κ1) is 74.6. The van der Waals surface area contributed by atoms with Gasteiger partial charge < -0.3 is 49.1 Å². The van der Waals surface area contributed by atoms with E-state index in [0.717, 1.165) is 0 Å². The number of hydrogen-bond acceptors (Lipinski definition) is 19. The van der Waals surface area contributed by atoms with Crippen molar-refractivity contribution in [2.45, 2.75) is 121 Å². The molecule has 3 atom stereocenters. The van der Waals surface area contributed by atoms with Gasteiger partial charge in [0.15, 0.2) is 5.78 Å². The van der Waals surface area contributed by atoms with Crippen molar-refractivity contribution >= 4 is 108 Å². The maximum atomic E-state index is 14.9. The summed E-state index contributed by atoms with van der Waals surface area (Å²) in [6.45, 7) is 3.88. The fourth-order valence-corrected chi connectivity index (χ4v) is 13.8. The number of ketones is 1. The topological polar surface area (TPSA) is 354 Å². The van der Waals surface area contributed by atoms with Gasteiger partial charge in [0.05, 0.1) is 33.3 Å². The quantitative estimate of drug-likeness (QED) is 0.0248. The number of carbonyl (C=O) groups is 3. The van der Waals surface area contributed by atoms with Crippen LogP contribution >= 0.6 is 0 Å². The van der Waals surface area contributed by atoms with Gasteiger partial charge in [0.1, 0.15) is 11.3 Å². The molecule has 3 N–H and O–H groups in total. The van der Waals surface area contributed by atoms with Gasteiger partial charge in [-0.05, 0) is 137 Å². The Kier molecular flexibility index (Phi) is 27.8. The van der Waals surface area contributed by atoms with Crippen molar-refractivity contribution < 1.29 is 200 Å². The Bertz CT molecular complexity index is 3380. The zero-order chi connectivity index (χ0) is 57.2. The Morgan fingerprint density at radius 2 is 0.878 bits per heavy atom. The molecule has 22 nitrogen and oxygen atoms in total. The summed E-state index contributed by atoms with van der Waals surface area (Å²) in [5, 5.41) is 39.4. The summed E-state index contributed by atoms with van der Waals surface area (Å²) < 4.78 is 137. The van der Waals surface area contributed by atoms with Gasteiger partial charge in [-0.2, -0.15) is 25.3 Å². The van der Waals surface area contributed by atoms with E-state index in [0.29, 0.717) is 101 Å². The summed E-state index contributed by atoms with van der Waals surface area (Å²) >= 11 is 0. The van der Waals surface area contributed by atoms with Gasteiger partial charge in [-0.1, -0.05) is 49.2 Å². The van der Waals surface area contributed by atoms with E-state index in [1.165, 1.54) is 0 Å². The predicted molar refractivity (Wildman–Crippen MR) is 287 cm³/mol. The summed E-state index contributed by atoms with van der Waals surface area (Å²) in [4.78, 5) is 45.0. The average Bonchev–Trinajstić information content (AvgIpc) is 3.32. The fourth-order valence-electron chi connectivity index (χ4n) is 11.9. The number of benzene rings is 4. The van der Waals surface area contributed by atoms with E-state index in [2.05, 4.69) is 0 Å². The van der Waals surface area contributed by atoms with Crippen LogP contribution in [0.3, 0.4) is 0 Å². The van der Waals surface area contributed by atoms with Crippen molar-refractivity contribution in [3.05, 3.63) is 77.5 Å². The number of anilines is 4. The molecule has 4 aromatic carbocycles. The van der Waals surface area contributed by atoms with Crippen LogP contribution in [0.4, 0.5) is 22.7 Å². The van der Waals surface area contributed by atoms with Crippen molar-refractivity contribution in [2.75, 3.05) is 68.8 Å². The first-order valence-corrected chi connectivity index (χ1v) is 32.2. The summed E-state index contributed by atoms with van der Waals surface area (Å²) in [5.74, 6) is -7.27. The largest absolute Gasteiger partial charge is 1.00 e. The van der Waals surface area contributed by atoms with Crippen LogP contribution < -0.4 is 153 Å². The maximum absolute atomic E-state index is 14.9. The Labute approximate surface area is 568 Å². The van der Waals surface area contributed by atoms with Crippen LogP contribution in [0, 0.1) is 0 Å².